The molecule has 46 heavy (non-hydrogen) atoms. The van der Waals surface area contributed by atoms with Crippen molar-refractivity contribution in [3.63, 3.8) is 0 Å². The van der Waals surface area contributed by atoms with E-state index >= 15 is 0 Å². The van der Waals surface area contributed by atoms with E-state index in [9.17, 15) is 13.8 Å². The second-order valence-corrected chi connectivity index (χ2v) is 15.6. The lowest BCUT2D eigenvalue weighted by atomic mass is 9.68. The van der Waals surface area contributed by atoms with Crippen LogP contribution in [-0.2, 0) is 26.5 Å². The lowest BCUT2D eigenvalue weighted by Crippen LogP contribution is -2.49. The van der Waals surface area contributed by atoms with Gasteiger partial charge >= 0.3 is 6.03 Å². The van der Waals surface area contributed by atoms with Crippen LogP contribution in [0.2, 0.25) is 5.02 Å². The number of carbonyl (C=O) groups excluding carboxylic acids is 2. The molecule has 2 N–H and O–H groups in total. The first-order valence-electron chi connectivity index (χ1n) is 15.9. The molecule has 9 nitrogen and oxygen atoms in total. The molecule has 2 aliphatic carbocycles. The van der Waals surface area contributed by atoms with Gasteiger partial charge in [0.1, 0.15) is 15.7 Å². The number of nitrogens with one attached hydrogen (secondary N) is 2. The zero-order valence-electron chi connectivity index (χ0n) is 26.2. The highest BCUT2D eigenvalue weighted by atomic mass is 35.5. The molecule has 2 aliphatic heterocycles. The van der Waals surface area contributed by atoms with Crippen LogP contribution in [0.3, 0.4) is 0 Å². The van der Waals surface area contributed by atoms with Gasteiger partial charge in [-0.05, 0) is 97.7 Å². The summed E-state index contributed by atoms with van der Waals surface area (Å²) in [5, 5.41) is 3.18. The Kier molecular flexibility index (Phi) is 10.4. The number of anilines is 1. The minimum Gasteiger partial charge on any atom is -0.490 e. The number of fused-ring (bicyclic) bond motifs is 4. The molecule has 6 rings (SSSR count). The van der Waals surface area contributed by atoms with Crippen LogP contribution in [0.25, 0.3) is 0 Å². The van der Waals surface area contributed by atoms with Crippen LogP contribution in [0.15, 0.2) is 52.9 Å². The minimum absolute atomic E-state index is 0. The predicted octanol–water partition coefficient (Wildman–Crippen LogP) is 6.54. The molecule has 1 unspecified atom stereocenters. The maximum absolute atomic E-state index is 14.0. The maximum atomic E-state index is 14.0. The molecule has 4 aliphatic rings. The van der Waals surface area contributed by atoms with Crippen molar-refractivity contribution in [2.24, 2.45) is 22.1 Å². The second kappa shape index (κ2) is 14.0. The highest BCUT2D eigenvalue weighted by molar-refractivity contribution is 7.92. The van der Waals surface area contributed by atoms with Crippen molar-refractivity contribution in [2.75, 3.05) is 44.5 Å². The molecule has 1 fully saturated rings. The van der Waals surface area contributed by atoms with Crippen molar-refractivity contribution in [1.82, 2.24) is 10.0 Å². The third-order valence-electron chi connectivity index (χ3n) is 9.99. The van der Waals surface area contributed by atoms with Crippen molar-refractivity contribution in [3.8, 4) is 5.75 Å². The number of amides is 3. The molecule has 2 bridgehead atoms. The predicted molar refractivity (Wildman–Crippen MR) is 184 cm³/mol. The number of allylic oxidation sites excluding steroid dienone is 1. The maximum Gasteiger partial charge on any atom is 0.326 e. The van der Waals surface area contributed by atoms with Crippen LogP contribution < -0.4 is 19.7 Å². The number of rotatable bonds is 2. The van der Waals surface area contributed by atoms with Gasteiger partial charge in [-0.25, -0.2) is 9.00 Å². The summed E-state index contributed by atoms with van der Waals surface area (Å²) in [5.41, 5.74) is 3.44. The molecule has 2 heterocycles. The zero-order chi connectivity index (χ0) is 31.8. The van der Waals surface area contributed by atoms with Crippen LogP contribution in [0.1, 0.15) is 67.9 Å². The number of methoxy groups -OCH3 is 1. The first-order valence-corrected chi connectivity index (χ1v) is 18.0. The summed E-state index contributed by atoms with van der Waals surface area (Å²) in [7, 11) is -0.213. The number of hydrogen-bond donors (Lipinski definition) is 2. The van der Waals surface area contributed by atoms with Crippen LogP contribution in [0.4, 0.5) is 10.5 Å². The number of hydrogen-bond acceptors (Lipinski definition) is 6. The fourth-order valence-electron chi connectivity index (χ4n) is 7.56. The van der Waals surface area contributed by atoms with E-state index in [1.54, 1.807) is 13.2 Å². The Morgan fingerprint density at radius 1 is 1.22 bits per heavy atom. The van der Waals surface area contributed by atoms with E-state index in [0.717, 1.165) is 55.9 Å². The number of benzene rings is 2. The molecule has 1 saturated carbocycles. The number of carbonyl (C=O) groups is 2. The Labute approximate surface area is 278 Å². The molecule has 11 heteroatoms. The van der Waals surface area contributed by atoms with E-state index in [1.807, 2.05) is 25.1 Å². The Morgan fingerprint density at radius 2 is 2.04 bits per heavy atom. The number of ether oxygens (including phenoxy) is 2. The van der Waals surface area contributed by atoms with E-state index < -0.39 is 21.9 Å². The average molecular weight is 671 g/mol. The molecular formula is C35H47ClN4O5S. The fourth-order valence-corrected chi connectivity index (χ4v) is 9.63. The topological polar surface area (TPSA) is 109 Å². The minimum atomic E-state index is -3.41. The summed E-state index contributed by atoms with van der Waals surface area (Å²) in [6.07, 6.45) is 9.95. The third-order valence-corrected chi connectivity index (χ3v) is 12.2. The molecule has 0 saturated heterocycles. The lowest BCUT2D eigenvalue weighted by Gasteiger charge is -2.46. The molecular weight excluding hydrogens is 624 g/mol. The smallest absolute Gasteiger partial charge is 0.326 e. The molecule has 2 aromatic rings. The highest BCUT2D eigenvalue weighted by Crippen LogP contribution is 2.47. The summed E-state index contributed by atoms with van der Waals surface area (Å²) in [6, 6.07) is 10.9. The largest absolute Gasteiger partial charge is 0.490 e. The first-order chi connectivity index (χ1) is 21.6. The van der Waals surface area contributed by atoms with Crippen LogP contribution in [-0.4, -0.2) is 61.9 Å². The van der Waals surface area contributed by atoms with Crippen LogP contribution in [0, 0.1) is 17.8 Å². The number of halogens is 1. The van der Waals surface area contributed by atoms with E-state index in [1.165, 1.54) is 18.2 Å². The van der Waals surface area contributed by atoms with Crippen molar-refractivity contribution >= 4 is 39.1 Å². The summed E-state index contributed by atoms with van der Waals surface area (Å²) >= 11 is 6.42. The third kappa shape index (κ3) is 6.94. The summed E-state index contributed by atoms with van der Waals surface area (Å²) < 4.78 is 33.2. The van der Waals surface area contributed by atoms with Gasteiger partial charge in [0.05, 0.1) is 24.2 Å². The highest BCUT2D eigenvalue weighted by Gasteiger charge is 2.44. The Hall–Kier alpha value is -3.08. The van der Waals surface area contributed by atoms with Crippen molar-refractivity contribution in [2.45, 2.75) is 64.4 Å². The lowest BCUT2D eigenvalue weighted by molar-refractivity contribution is 0.0131. The van der Waals surface area contributed by atoms with Gasteiger partial charge < -0.3 is 19.7 Å². The average Bonchev–Trinajstić information content (AvgIpc) is 3.14. The van der Waals surface area contributed by atoms with Crippen LogP contribution >= 0.6 is 11.6 Å². The second-order valence-electron chi connectivity index (χ2n) is 13.1. The van der Waals surface area contributed by atoms with E-state index in [2.05, 4.69) is 43.6 Å². The van der Waals surface area contributed by atoms with E-state index in [0.29, 0.717) is 36.2 Å². The molecule has 2 aromatic carbocycles. The molecule has 0 aromatic heterocycles. The number of nitrogens with zero attached hydrogens (tertiary/aromatic N) is 2. The summed E-state index contributed by atoms with van der Waals surface area (Å²) in [4.78, 5) is 28.3. The Balaban J connectivity index is 0.00000417. The van der Waals surface area contributed by atoms with Crippen molar-refractivity contribution in [3.05, 3.63) is 70.3 Å². The van der Waals surface area contributed by atoms with Gasteiger partial charge in [0, 0.05) is 43.2 Å². The van der Waals surface area contributed by atoms with Gasteiger partial charge in [-0.3, -0.25) is 9.52 Å². The molecule has 3 amide bonds. The fraction of sp³-hybridized carbons (Fsp3) is 0.543. The quantitative estimate of drug-likeness (QED) is 0.352. The Morgan fingerprint density at radius 3 is 2.78 bits per heavy atom. The number of urea groups is 1. The van der Waals surface area contributed by atoms with Gasteiger partial charge in [-0.1, -0.05) is 44.2 Å². The summed E-state index contributed by atoms with van der Waals surface area (Å²) in [5.74, 6) is 0.765. The Bertz CT molecular complexity index is 1620. The molecule has 0 radical (unpaired) electrons. The van der Waals surface area contributed by atoms with E-state index in [4.69, 9.17) is 21.1 Å². The van der Waals surface area contributed by atoms with Crippen molar-refractivity contribution < 1.29 is 23.3 Å². The van der Waals surface area contributed by atoms with Crippen LogP contribution in [0.5, 0.6) is 5.75 Å². The summed E-state index contributed by atoms with van der Waals surface area (Å²) in [6.45, 7) is 3.98. The zero-order valence-corrected chi connectivity index (χ0v) is 27.8. The van der Waals surface area contributed by atoms with Crippen molar-refractivity contribution in [1.29, 1.82) is 0 Å². The molecule has 6 atom stereocenters. The number of aryl methyl sites for hydroxylation is 1. The first kappa shape index (κ1) is 34.3. The SMILES string of the molecule is C.CNC(=O)NS1(=O)=NC(=O)c2ccc3c(c2)N(C[C@@H]2CC[C@H]2[C@@H](OC)/C=C/C[C@H](C)C1)C[C@@]1(CCCc2cc(Cl)ccc21)CO3. The molecule has 250 valence electrons. The standard InChI is InChI=1S/C34H43ClN4O5S.CH4/c1-22-6-4-8-30(43-3)27-12-9-25(27)18-39-20-34(15-5-7-23-16-26(35)11-13-28(23)34)21-44-31-14-10-24(17-29(31)39)32(40)37-45(42,19-22)38-33(41)36-2;/h4,8,10-11,13-14,16-17,22,25,27,30H,5-7,9,12,15,18-21H2,1-3H3,(H2,36,37,38,40,41,42);1H4/b8-4+;/t22-,25-,27+,30-,34-,45?;/m0./s1. The van der Waals surface area contributed by atoms with Gasteiger partial charge in [0.25, 0.3) is 5.91 Å². The monoisotopic (exact) mass is 670 g/mol. The van der Waals surface area contributed by atoms with Gasteiger partial charge in [0.2, 0.25) is 0 Å². The van der Waals surface area contributed by atoms with Gasteiger partial charge in [-0.2, -0.15) is 0 Å². The normalized spacial score (nSPS) is 31.4. The molecule has 1 spiro atoms. The van der Waals surface area contributed by atoms with E-state index in [-0.39, 0.29) is 30.6 Å². The van der Waals surface area contributed by atoms with Gasteiger partial charge in [0.15, 0.2) is 0 Å². The van der Waals surface area contributed by atoms with Gasteiger partial charge in [-0.15, -0.1) is 4.36 Å².